The van der Waals surface area contributed by atoms with Gasteiger partial charge < -0.3 is 9.13 Å². The van der Waals surface area contributed by atoms with Crippen LogP contribution in [0.3, 0.4) is 0 Å². The summed E-state index contributed by atoms with van der Waals surface area (Å²) in [5.41, 5.74) is 14.8. The molecule has 3 nitrogen and oxygen atoms in total. The van der Waals surface area contributed by atoms with Crippen molar-refractivity contribution >= 4 is 54.5 Å². The van der Waals surface area contributed by atoms with Gasteiger partial charge in [0.15, 0.2) is 0 Å². The molecule has 3 heteroatoms. The first-order valence-corrected chi connectivity index (χ1v) is 18.5. The summed E-state index contributed by atoms with van der Waals surface area (Å²) in [6.45, 7) is 0. The molecule has 0 radical (unpaired) electrons. The minimum absolute atomic E-state index is 0.969. The third kappa shape index (κ3) is 4.79. The standard InChI is InChI=1S/C51H33N3/c1-3-13-34(14-4-1)35-25-27-36(28-26-35)39-18-11-19-40(31-39)53-46-22-9-7-20-41(46)43-33-50-44(32-49(43)53)42-21-8-10-23-47(42)54(50)48-24-12-17-38-29-30-45(52-51(38)48)37-15-5-2-6-16-37/h1-33H. The van der Waals surface area contributed by atoms with E-state index in [1.165, 1.54) is 60.3 Å². The Hall–Kier alpha value is -7.23. The van der Waals surface area contributed by atoms with E-state index in [0.717, 1.165) is 39.1 Å². The van der Waals surface area contributed by atoms with Crippen LogP contribution < -0.4 is 0 Å². The van der Waals surface area contributed by atoms with Crippen LogP contribution in [0.15, 0.2) is 200 Å². The molecule has 0 bridgehead atoms. The van der Waals surface area contributed by atoms with E-state index in [1.807, 2.05) is 6.07 Å². The predicted octanol–water partition coefficient (Wildman–Crippen LogP) is 13.4. The average Bonchev–Trinajstić information content (AvgIpc) is 3.75. The third-order valence-corrected chi connectivity index (χ3v) is 10.9. The molecule has 0 spiro atoms. The molecule has 3 heterocycles. The van der Waals surface area contributed by atoms with Gasteiger partial charge in [-0.3, -0.25) is 0 Å². The van der Waals surface area contributed by atoms with Crippen molar-refractivity contribution in [3.63, 3.8) is 0 Å². The summed E-state index contributed by atoms with van der Waals surface area (Å²) in [5.74, 6) is 0. The predicted molar refractivity (Wildman–Crippen MR) is 227 cm³/mol. The molecule has 54 heavy (non-hydrogen) atoms. The third-order valence-electron chi connectivity index (χ3n) is 10.9. The second kappa shape index (κ2) is 12.2. The van der Waals surface area contributed by atoms with Gasteiger partial charge in [-0.05, 0) is 70.8 Å². The van der Waals surface area contributed by atoms with Gasteiger partial charge in [0.05, 0.1) is 39.0 Å². The lowest BCUT2D eigenvalue weighted by Crippen LogP contribution is -1.98. The van der Waals surface area contributed by atoms with Crippen LogP contribution in [0, 0.1) is 0 Å². The van der Waals surface area contributed by atoms with E-state index >= 15 is 0 Å². The van der Waals surface area contributed by atoms with Gasteiger partial charge >= 0.3 is 0 Å². The molecule has 0 saturated heterocycles. The van der Waals surface area contributed by atoms with E-state index in [-0.39, 0.29) is 0 Å². The fraction of sp³-hybridized carbons (Fsp3) is 0. The number of rotatable bonds is 5. The average molecular weight is 688 g/mol. The maximum Gasteiger partial charge on any atom is 0.0949 e. The van der Waals surface area contributed by atoms with Crippen molar-refractivity contribution in [3.8, 4) is 44.9 Å². The van der Waals surface area contributed by atoms with Gasteiger partial charge in [0, 0.05) is 38.2 Å². The fourth-order valence-electron chi connectivity index (χ4n) is 8.36. The van der Waals surface area contributed by atoms with Crippen LogP contribution in [0.4, 0.5) is 0 Å². The Morgan fingerprint density at radius 3 is 1.56 bits per heavy atom. The Morgan fingerprint density at radius 2 is 0.852 bits per heavy atom. The van der Waals surface area contributed by atoms with Crippen LogP contribution in [-0.4, -0.2) is 14.1 Å². The van der Waals surface area contributed by atoms with Crippen LogP contribution in [-0.2, 0) is 0 Å². The van der Waals surface area contributed by atoms with Gasteiger partial charge in [0.25, 0.3) is 0 Å². The molecule has 8 aromatic carbocycles. The highest BCUT2D eigenvalue weighted by atomic mass is 15.0. The highest BCUT2D eigenvalue weighted by Gasteiger charge is 2.20. The maximum absolute atomic E-state index is 5.30. The summed E-state index contributed by atoms with van der Waals surface area (Å²) < 4.78 is 4.85. The normalized spacial score (nSPS) is 11.7. The Kier molecular flexibility index (Phi) is 6.86. The fourth-order valence-corrected chi connectivity index (χ4v) is 8.36. The largest absolute Gasteiger partial charge is 0.309 e. The van der Waals surface area contributed by atoms with Crippen LogP contribution in [0.5, 0.6) is 0 Å². The van der Waals surface area contributed by atoms with E-state index in [2.05, 4.69) is 203 Å². The first-order valence-electron chi connectivity index (χ1n) is 18.5. The number of benzene rings is 8. The number of aromatic nitrogens is 3. The molecule has 0 saturated carbocycles. The maximum atomic E-state index is 5.30. The van der Waals surface area contributed by atoms with Crippen molar-refractivity contribution in [3.05, 3.63) is 200 Å². The van der Waals surface area contributed by atoms with Gasteiger partial charge in [-0.15, -0.1) is 0 Å². The van der Waals surface area contributed by atoms with Crippen LogP contribution >= 0.6 is 0 Å². The molecule has 11 aromatic rings. The lowest BCUT2D eigenvalue weighted by atomic mass is 10.00. The first kappa shape index (κ1) is 30.4. The number of nitrogens with zero attached hydrogens (tertiary/aromatic N) is 3. The van der Waals surface area contributed by atoms with Gasteiger partial charge in [-0.25, -0.2) is 4.98 Å². The summed E-state index contributed by atoms with van der Waals surface area (Å²) in [4.78, 5) is 5.30. The van der Waals surface area contributed by atoms with Gasteiger partial charge in [-0.2, -0.15) is 0 Å². The quantitative estimate of drug-likeness (QED) is 0.177. The Morgan fingerprint density at radius 1 is 0.315 bits per heavy atom. The summed E-state index contributed by atoms with van der Waals surface area (Å²) in [6, 6.07) is 72.0. The van der Waals surface area contributed by atoms with Crippen molar-refractivity contribution in [1.82, 2.24) is 14.1 Å². The highest BCUT2D eigenvalue weighted by molar-refractivity contribution is 6.19. The molecule has 0 fully saturated rings. The Bertz CT molecular complexity index is 3190. The Balaban J connectivity index is 1.13. The monoisotopic (exact) mass is 687 g/mol. The van der Waals surface area contributed by atoms with Crippen LogP contribution in [0.1, 0.15) is 0 Å². The number of para-hydroxylation sites is 3. The SMILES string of the molecule is c1ccc(-c2ccc(-c3cccc(-n4c5ccccc5c5cc6c(cc54)c4ccccc4n6-c4cccc5ccc(-c6ccccc6)nc45)c3)cc2)cc1. The minimum atomic E-state index is 0.969. The van der Waals surface area contributed by atoms with Crippen molar-refractivity contribution in [2.24, 2.45) is 0 Å². The lowest BCUT2D eigenvalue weighted by molar-refractivity contribution is 1.18. The smallest absolute Gasteiger partial charge is 0.0949 e. The van der Waals surface area contributed by atoms with E-state index in [4.69, 9.17) is 4.98 Å². The van der Waals surface area contributed by atoms with Crippen molar-refractivity contribution in [2.45, 2.75) is 0 Å². The minimum Gasteiger partial charge on any atom is -0.309 e. The van der Waals surface area contributed by atoms with Gasteiger partial charge in [0.2, 0.25) is 0 Å². The van der Waals surface area contributed by atoms with E-state index in [9.17, 15) is 0 Å². The molecular weight excluding hydrogens is 655 g/mol. The number of hydrogen-bond acceptors (Lipinski definition) is 1. The molecule has 0 aliphatic rings. The molecule has 252 valence electrons. The van der Waals surface area contributed by atoms with Crippen molar-refractivity contribution in [2.75, 3.05) is 0 Å². The van der Waals surface area contributed by atoms with Gasteiger partial charge in [0.1, 0.15) is 0 Å². The Labute approximate surface area is 312 Å². The number of pyridine rings is 1. The summed E-state index contributed by atoms with van der Waals surface area (Å²) >= 11 is 0. The molecule has 11 rings (SSSR count). The summed E-state index contributed by atoms with van der Waals surface area (Å²) in [7, 11) is 0. The molecule has 0 aliphatic carbocycles. The first-order chi connectivity index (χ1) is 26.8. The van der Waals surface area contributed by atoms with Crippen molar-refractivity contribution in [1.29, 1.82) is 0 Å². The lowest BCUT2D eigenvalue weighted by Gasteiger charge is -2.13. The summed E-state index contributed by atoms with van der Waals surface area (Å²) in [6.07, 6.45) is 0. The summed E-state index contributed by atoms with van der Waals surface area (Å²) in [5, 5.41) is 6.00. The highest BCUT2D eigenvalue weighted by Crippen LogP contribution is 2.41. The molecule has 0 aliphatic heterocycles. The zero-order valence-corrected chi connectivity index (χ0v) is 29.4. The molecule has 0 unspecified atom stereocenters. The van der Waals surface area contributed by atoms with Crippen LogP contribution in [0.25, 0.3) is 99.4 Å². The number of fused-ring (bicyclic) bond motifs is 7. The number of hydrogen-bond donors (Lipinski definition) is 0. The second-order valence-corrected chi connectivity index (χ2v) is 14.0. The van der Waals surface area contributed by atoms with Crippen molar-refractivity contribution < 1.29 is 0 Å². The van der Waals surface area contributed by atoms with E-state index in [0.29, 0.717) is 0 Å². The second-order valence-electron chi connectivity index (χ2n) is 14.0. The van der Waals surface area contributed by atoms with E-state index in [1.54, 1.807) is 0 Å². The molecule has 0 amide bonds. The molecular formula is C51H33N3. The topological polar surface area (TPSA) is 22.8 Å². The zero-order valence-electron chi connectivity index (χ0n) is 29.4. The molecule has 0 N–H and O–H groups in total. The molecule has 3 aromatic heterocycles. The zero-order chi connectivity index (χ0) is 35.6. The van der Waals surface area contributed by atoms with E-state index < -0.39 is 0 Å². The van der Waals surface area contributed by atoms with Gasteiger partial charge in [-0.1, -0.05) is 152 Å². The van der Waals surface area contributed by atoms with Crippen LogP contribution in [0.2, 0.25) is 0 Å². The molecule has 0 atom stereocenters.